The number of rotatable bonds is 5. The van der Waals surface area contributed by atoms with Crippen LogP contribution in [0.4, 0.5) is 5.69 Å². The van der Waals surface area contributed by atoms with Gasteiger partial charge in [0.25, 0.3) is 11.7 Å². The van der Waals surface area contributed by atoms with Crippen molar-refractivity contribution in [1.82, 2.24) is 4.98 Å². The second kappa shape index (κ2) is 8.55. The molecule has 1 saturated heterocycles. The Labute approximate surface area is 185 Å². The van der Waals surface area contributed by atoms with E-state index in [1.165, 1.54) is 19.1 Å². The number of Topliss-reactive ketones (excluding diaryl/α,β-unsaturated/α-hetero) is 1. The number of pyridine rings is 1. The first-order valence-corrected chi connectivity index (χ1v) is 9.97. The lowest BCUT2D eigenvalue weighted by atomic mass is 9.95. The summed E-state index contributed by atoms with van der Waals surface area (Å²) in [5.41, 5.74) is 2.20. The van der Waals surface area contributed by atoms with Gasteiger partial charge in [-0.2, -0.15) is 0 Å². The molecule has 1 aliphatic rings. The van der Waals surface area contributed by atoms with E-state index in [4.69, 9.17) is 9.47 Å². The Hall–Kier alpha value is -4.13. The van der Waals surface area contributed by atoms with Crippen molar-refractivity contribution in [3.63, 3.8) is 0 Å². The van der Waals surface area contributed by atoms with Crippen LogP contribution in [-0.4, -0.2) is 36.0 Å². The Morgan fingerprint density at radius 1 is 0.938 bits per heavy atom. The van der Waals surface area contributed by atoms with Crippen molar-refractivity contribution in [2.75, 3.05) is 19.1 Å². The number of methoxy groups -OCH3 is 2. The zero-order valence-electron chi connectivity index (χ0n) is 17.9. The van der Waals surface area contributed by atoms with E-state index in [2.05, 4.69) is 4.98 Å². The monoisotopic (exact) mass is 430 g/mol. The molecule has 1 aromatic heterocycles. The van der Waals surface area contributed by atoms with Gasteiger partial charge in [0.2, 0.25) is 0 Å². The second-order valence-electron chi connectivity index (χ2n) is 7.27. The molecule has 0 aliphatic carbocycles. The van der Waals surface area contributed by atoms with Gasteiger partial charge >= 0.3 is 0 Å². The molecule has 7 nitrogen and oxygen atoms in total. The first kappa shape index (κ1) is 21.1. The molecule has 3 aromatic rings. The molecule has 0 saturated carbocycles. The minimum atomic E-state index is -0.853. The molecule has 1 amide bonds. The highest BCUT2D eigenvalue weighted by atomic mass is 16.5. The quantitative estimate of drug-likeness (QED) is 0.373. The highest BCUT2D eigenvalue weighted by Crippen LogP contribution is 2.45. The number of para-hydroxylation sites is 1. The first-order valence-electron chi connectivity index (χ1n) is 9.97. The molecular formula is C25H22N2O5. The maximum atomic E-state index is 13.3. The van der Waals surface area contributed by atoms with Gasteiger partial charge in [0.1, 0.15) is 22.8 Å². The summed E-state index contributed by atoms with van der Waals surface area (Å²) in [6.07, 6.45) is 3.16. The molecule has 4 rings (SSSR count). The molecule has 1 fully saturated rings. The van der Waals surface area contributed by atoms with Crippen LogP contribution in [-0.2, 0) is 9.59 Å². The highest BCUT2D eigenvalue weighted by Gasteiger charge is 2.47. The molecule has 0 bridgehead atoms. The van der Waals surface area contributed by atoms with Gasteiger partial charge in [0.15, 0.2) is 0 Å². The Bertz CT molecular complexity index is 1200. The average molecular weight is 430 g/mol. The number of nitrogens with zero attached hydrogens (tertiary/aromatic N) is 2. The number of amides is 1. The number of hydrogen-bond donors (Lipinski definition) is 1. The van der Waals surface area contributed by atoms with Crippen LogP contribution in [0.5, 0.6) is 11.5 Å². The van der Waals surface area contributed by atoms with Gasteiger partial charge < -0.3 is 14.6 Å². The van der Waals surface area contributed by atoms with E-state index in [9.17, 15) is 14.7 Å². The fourth-order valence-corrected chi connectivity index (χ4v) is 4.00. The number of aliphatic hydroxyl groups is 1. The summed E-state index contributed by atoms with van der Waals surface area (Å²) < 4.78 is 10.8. The smallest absolute Gasteiger partial charge is 0.300 e. The standard InChI is InChI=1S/C25H22N2O5/c1-15-7-4-5-8-17(15)27-22(16-11-13-26-14-12-16)21(24(29)25(27)30)23(28)20-18(31-2)9-6-10-19(20)32-3/h4-14,22,28H,1-3H3/b23-21+. The number of aryl methyl sites for hydroxylation is 1. The number of carbonyl (C=O) groups is 2. The van der Waals surface area contributed by atoms with Gasteiger partial charge in [0.05, 0.1) is 25.8 Å². The fraction of sp³-hybridized carbons (Fsp3) is 0.160. The maximum Gasteiger partial charge on any atom is 0.300 e. The Morgan fingerprint density at radius 2 is 1.56 bits per heavy atom. The van der Waals surface area contributed by atoms with Crippen LogP contribution in [0.3, 0.4) is 0 Å². The van der Waals surface area contributed by atoms with Crippen molar-refractivity contribution in [2.45, 2.75) is 13.0 Å². The minimum absolute atomic E-state index is 0.0488. The van der Waals surface area contributed by atoms with Gasteiger partial charge in [-0.15, -0.1) is 0 Å². The van der Waals surface area contributed by atoms with E-state index >= 15 is 0 Å². The summed E-state index contributed by atoms with van der Waals surface area (Å²) in [6.45, 7) is 1.86. The van der Waals surface area contributed by atoms with Gasteiger partial charge in [-0.1, -0.05) is 24.3 Å². The predicted octanol–water partition coefficient (Wildman–Crippen LogP) is 4.03. The Morgan fingerprint density at radius 3 is 2.16 bits per heavy atom. The van der Waals surface area contributed by atoms with Crippen molar-refractivity contribution in [3.8, 4) is 11.5 Å². The van der Waals surface area contributed by atoms with E-state index in [0.717, 1.165) is 5.56 Å². The molecule has 2 heterocycles. The van der Waals surface area contributed by atoms with Crippen LogP contribution in [0, 0.1) is 6.92 Å². The zero-order chi connectivity index (χ0) is 22.8. The summed E-state index contributed by atoms with van der Waals surface area (Å²) in [7, 11) is 2.91. The predicted molar refractivity (Wildman–Crippen MR) is 120 cm³/mol. The largest absolute Gasteiger partial charge is 0.506 e. The minimum Gasteiger partial charge on any atom is -0.506 e. The molecular weight excluding hydrogens is 408 g/mol. The number of carbonyl (C=O) groups excluding carboxylic acids is 2. The lowest BCUT2D eigenvalue weighted by Gasteiger charge is -2.26. The van der Waals surface area contributed by atoms with Gasteiger partial charge in [-0.3, -0.25) is 19.5 Å². The SMILES string of the molecule is COc1cccc(OC)c1/C(O)=C1\C(=O)C(=O)N(c2ccccc2C)C1c1ccncc1. The van der Waals surface area contributed by atoms with Crippen molar-refractivity contribution in [3.05, 3.63) is 89.3 Å². The summed E-state index contributed by atoms with van der Waals surface area (Å²) in [4.78, 5) is 32.0. The maximum absolute atomic E-state index is 13.3. The number of hydrogen-bond acceptors (Lipinski definition) is 6. The molecule has 2 aromatic carbocycles. The van der Waals surface area contributed by atoms with Gasteiger partial charge in [-0.05, 0) is 48.4 Å². The number of ketones is 1. The lowest BCUT2D eigenvalue weighted by Crippen LogP contribution is -2.30. The van der Waals surface area contributed by atoms with Crippen molar-refractivity contribution < 1.29 is 24.2 Å². The highest BCUT2D eigenvalue weighted by molar-refractivity contribution is 6.51. The van der Waals surface area contributed by atoms with Crippen LogP contribution >= 0.6 is 0 Å². The summed E-state index contributed by atoms with van der Waals surface area (Å²) in [6, 6.07) is 14.9. The molecule has 1 unspecified atom stereocenters. The van der Waals surface area contributed by atoms with Crippen molar-refractivity contribution in [2.24, 2.45) is 0 Å². The third kappa shape index (κ3) is 3.37. The van der Waals surface area contributed by atoms with E-state index in [1.807, 2.05) is 19.1 Å². The summed E-state index contributed by atoms with van der Waals surface area (Å²) in [5.74, 6) is -1.25. The topological polar surface area (TPSA) is 89.0 Å². The molecule has 1 atom stereocenters. The number of aliphatic hydroxyl groups excluding tert-OH is 1. The van der Waals surface area contributed by atoms with Crippen molar-refractivity contribution in [1.29, 1.82) is 0 Å². The van der Waals surface area contributed by atoms with Gasteiger partial charge in [-0.25, -0.2) is 0 Å². The van der Waals surface area contributed by atoms with E-state index in [-0.39, 0.29) is 16.9 Å². The van der Waals surface area contributed by atoms with Crippen LogP contribution in [0.25, 0.3) is 5.76 Å². The van der Waals surface area contributed by atoms with E-state index in [0.29, 0.717) is 22.7 Å². The van der Waals surface area contributed by atoms with Gasteiger partial charge in [0, 0.05) is 18.1 Å². The zero-order valence-corrected chi connectivity index (χ0v) is 17.9. The molecule has 0 spiro atoms. The molecule has 1 N–H and O–H groups in total. The Balaban J connectivity index is 2.03. The molecule has 1 aliphatic heterocycles. The third-order valence-electron chi connectivity index (χ3n) is 5.51. The summed E-state index contributed by atoms with van der Waals surface area (Å²) in [5, 5.41) is 11.4. The second-order valence-corrected chi connectivity index (χ2v) is 7.27. The van der Waals surface area contributed by atoms with Crippen LogP contribution in [0.1, 0.15) is 22.7 Å². The number of ether oxygens (including phenoxy) is 2. The summed E-state index contributed by atoms with van der Waals surface area (Å²) >= 11 is 0. The van der Waals surface area contributed by atoms with E-state index in [1.54, 1.807) is 54.9 Å². The lowest BCUT2D eigenvalue weighted by molar-refractivity contribution is -0.132. The number of benzene rings is 2. The first-order chi connectivity index (χ1) is 15.5. The van der Waals surface area contributed by atoms with Crippen LogP contribution in [0.15, 0.2) is 72.6 Å². The molecule has 0 radical (unpaired) electrons. The van der Waals surface area contributed by atoms with Crippen LogP contribution < -0.4 is 14.4 Å². The molecule has 32 heavy (non-hydrogen) atoms. The fourth-order valence-electron chi connectivity index (χ4n) is 4.00. The normalized spacial score (nSPS) is 17.5. The van der Waals surface area contributed by atoms with Crippen LogP contribution in [0.2, 0.25) is 0 Å². The Kier molecular flexibility index (Phi) is 5.64. The van der Waals surface area contributed by atoms with Crippen molar-refractivity contribution >= 4 is 23.1 Å². The average Bonchev–Trinajstić information content (AvgIpc) is 3.09. The van der Waals surface area contributed by atoms with E-state index < -0.39 is 17.7 Å². The molecule has 7 heteroatoms. The number of anilines is 1. The molecule has 162 valence electrons. The third-order valence-corrected chi connectivity index (χ3v) is 5.51. The number of aromatic nitrogens is 1.